The largest absolute Gasteiger partial charge is 0.342 e. The van der Waals surface area contributed by atoms with Gasteiger partial charge < -0.3 is 4.90 Å². The minimum Gasteiger partial charge on any atom is -0.342 e. The molecule has 0 saturated carbocycles. The number of rotatable bonds is 4. The summed E-state index contributed by atoms with van der Waals surface area (Å²) in [4.78, 5) is 13.5. The van der Waals surface area contributed by atoms with Gasteiger partial charge in [0.05, 0.1) is 23.1 Å². The number of carbonyl (C=O) groups is 1. The van der Waals surface area contributed by atoms with Gasteiger partial charge in [0.25, 0.3) is 0 Å². The third-order valence-corrected chi connectivity index (χ3v) is 4.58. The Morgan fingerprint density at radius 1 is 1.25 bits per heavy atom. The molecule has 1 aliphatic rings. The van der Waals surface area contributed by atoms with E-state index in [1.165, 1.54) is 24.3 Å². The van der Waals surface area contributed by atoms with Crippen molar-refractivity contribution in [3.63, 3.8) is 0 Å². The van der Waals surface area contributed by atoms with Crippen molar-refractivity contribution in [3.8, 4) is 6.07 Å². The highest BCUT2D eigenvalue weighted by Crippen LogP contribution is 2.11. The van der Waals surface area contributed by atoms with Crippen LogP contribution in [0.5, 0.6) is 0 Å². The summed E-state index contributed by atoms with van der Waals surface area (Å²) in [6, 6.07) is 7.47. The van der Waals surface area contributed by atoms with Crippen LogP contribution in [0.2, 0.25) is 0 Å². The molecule has 0 unspecified atom stereocenters. The zero-order valence-electron chi connectivity index (χ0n) is 10.9. The van der Waals surface area contributed by atoms with Crippen molar-refractivity contribution in [2.24, 2.45) is 0 Å². The molecule has 0 bridgehead atoms. The molecule has 1 fully saturated rings. The molecule has 1 N–H and O–H groups in total. The Labute approximate surface area is 118 Å². The van der Waals surface area contributed by atoms with Crippen LogP contribution in [0.15, 0.2) is 29.2 Å². The van der Waals surface area contributed by atoms with E-state index < -0.39 is 10.0 Å². The van der Waals surface area contributed by atoms with Crippen molar-refractivity contribution in [3.05, 3.63) is 29.8 Å². The highest BCUT2D eigenvalue weighted by molar-refractivity contribution is 7.89. The second kappa shape index (κ2) is 6.03. The number of nitrogens with one attached hydrogen (secondary N) is 1. The van der Waals surface area contributed by atoms with Crippen molar-refractivity contribution in [1.29, 1.82) is 5.26 Å². The average molecular weight is 293 g/mol. The van der Waals surface area contributed by atoms with Crippen LogP contribution in [-0.4, -0.2) is 38.9 Å². The molecule has 1 saturated heterocycles. The van der Waals surface area contributed by atoms with Gasteiger partial charge in [-0.1, -0.05) is 0 Å². The summed E-state index contributed by atoms with van der Waals surface area (Å²) in [6.45, 7) is 1.15. The quantitative estimate of drug-likeness (QED) is 0.873. The van der Waals surface area contributed by atoms with E-state index in [9.17, 15) is 13.2 Å². The first-order chi connectivity index (χ1) is 9.53. The molecule has 7 heteroatoms. The standard InChI is InChI=1S/C13H15N3O3S/c14-9-11-3-5-12(6-4-11)20(18,19)15-10-13(17)16-7-1-2-8-16/h3-6,15H,1-2,7-8,10H2. The first-order valence-corrected chi connectivity index (χ1v) is 7.79. The number of nitrogens with zero attached hydrogens (tertiary/aromatic N) is 2. The Morgan fingerprint density at radius 3 is 2.40 bits per heavy atom. The van der Waals surface area contributed by atoms with Crippen LogP contribution in [0.25, 0.3) is 0 Å². The van der Waals surface area contributed by atoms with E-state index in [1.54, 1.807) is 4.90 Å². The lowest BCUT2D eigenvalue weighted by Crippen LogP contribution is -2.38. The SMILES string of the molecule is N#Cc1ccc(S(=O)(=O)NCC(=O)N2CCCC2)cc1. The Bertz CT molecular complexity index is 626. The van der Waals surface area contributed by atoms with Crippen LogP contribution in [0.3, 0.4) is 0 Å². The summed E-state index contributed by atoms with van der Waals surface area (Å²) in [5, 5.41) is 8.66. The maximum atomic E-state index is 12.0. The Hall–Kier alpha value is -1.91. The molecule has 0 aliphatic carbocycles. The molecule has 0 atom stereocenters. The fourth-order valence-corrected chi connectivity index (χ4v) is 3.00. The van der Waals surface area contributed by atoms with Crippen LogP contribution in [-0.2, 0) is 14.8 Å². The van der Waals surface area contributed by atoms with Crippen LogP contribution >= 0.6 is 0 Å². The molecule has 0 radical (unpaired) electrons. The van der Waals surface area contributed by atoms with Crippen molar-refractivity contribution >= 4 is 15.9 Å². The second-order valence-corrected chi connectivity index (χ2v) is 6.32. The van der Waals surface area contributed by atoms with Gasteiger partial charge in [0.1, 0.15) is 0 Å². The predicted molar refractivity (Wildman–Crippen MR) is 72.2 cm³/mol. The Kier molecular flexibility index (Phi) is 4.37. The third kappa shape index (κ3) is 3.35. The monoisotopic (exact) mass is 293 g/mol. The van der Waals surface area contributed by atoms with E-state index in [0.717, 1.165) is 12.8 Å². The van der Waals surface area contributed by atoms with Crippen LogP contribution < -0.4 is 4.72 Å². The maximum absolute atomic E-state index is 12.0. The number of amides is 1. The number of benzene rings is 1. The first kappa shape index (κ1) is 14.5. The minimum atomic E-state index is -3.72. The van der Waals surface area contributed by atoms with Gasteiger partial charge in [0.2, 0.25) is 15.9 Å². The maximum Gasteiger partial charge on any atom is 0.241 e. The zero-order chi connectivity index (χ0) is 14.6. The van der Waals surface area contributed by atoms with E-state index in [0.29, 0.717) is 18.7 Å². The molecule has 1 aromatic rings. The van der Waals surface area contributed by atoms with E-state index >= 15 is 0 Å². The van der Waals surface area contributed by atoms with Gasteiger partial charge in [0.15, 0.2) is 0 Å². The fraction of sp³-hybridized carbons (Fsp3) is 0.385. The third-order valence-electron chi connectivity index (χ3n) is 3.17. The number of nitriles is 1. The number of hydrogen-bond donors (Lipinski definition) is 1. The fourth-order valence-electron chi connectivity index (χ4n) is 2.03. The number of hydrogen-bond acceptors (Lipinski definition) is 4. The molecule has 106 valence electrons. The van der Waals surface area contributed by atoms with Gasteiger partial charge >= 0.3 is 0 Å². The zero-order valence-corrected chi connectivity index (χ0v) is 11.7. The molecule has 1 aliphatic heterocycles. The van der Waals surface area contributed by atoms with E-state index in [4.69, 9.17) is 5.26 Å². The molecule has 2 rings (SSSR count). The van der Waals surface area contributed by atoms with Crippen molar-refractivity contribution in [2.75, 3.05) is 19.6 Å². The predicted octanol–water partition coefficient (Wildman–Crippen LogP) is 0.459. The highest BCUT2D eigenvalue weighted by atomic mass is 32.2. The summed E-state index contributed by atoms with van der Waals surface area (Å²) in [6.07, 6.45) is 1.93. The number of likely N-dealkylation sites (tertiary alicyclic amines) is 1. The lowest BCUT2D eigenvalue weighted by atomic mass is 10.2. The average Bonchev–Trinajstić information content (AvgIpc) is 2.99. The smallest absolute Gasteiger partial charge is 0.241 e. The van der Waals surface area contributed by atoms with E-state index in [-0.39, 0.29) is 17.3 Å². The van der Waals surface area contributed by atoms with Gasteiger partial charge in [-0.05, 0) is 37.1 Å². The van der Waals surface area contributed by atoms with Crippen molar-refractivity contribution in [2.45, 2.75) is 17.7 Å². The van der Waals surface area contributed by atoms with E-state index in [2.05, 4.69) is 4.72 Å². The molecule has 1 heterocycles. The molecule has 6 nitrogen and oxygen atoms in total. The normalized spacial score (nSPS) is 15.1. The lowest BCUT2D eigenvalue weighted by molar-refractivity contribution is -0.128. The van der Waals surface area contributed by atoms with Gasteiger partial charge in [-0.3, -0.25) is 4.79 Å². The van der Waals surface area contributed by atoms with Crippen LogP contribution in [0.4, 0.5) is 0 Å². The van der Waals surface area contributed by atoms with Gasteiger partial charge in [-0.2, -0.15) is 5.26 Å². The Balaban J connectivity index is 1.99. The van der Waals surface area contributed by atoms with Gasteiger partial charge in [-0.15, -0.1) is 0 Å². The summed E-state index contributed by atoms with van der Waals surface area (Å²) in [7, 11) is -3.72. The highest BCUT2D eigenvalue weighted by Gasteiger charge is 2.20. The van der Waals surface area contributed by atoms with Crippen molar-refractivity contribution in [1.82, 2.24) is 9.62 Å². The van der Waals surface area contributed by atoms with Gasteiger partial charge in [-0.25, -0.2) is 13.1 Å². The Morgan fingerprint density at radius 2 is 1.85 bits per heavy atom. The summed E-state index contributed by atoms with van der Waals surface area (Å²) in [5.41, 5.74) is 0.386. The second-order valence-electron chi connectivity index (χ2n) is 4.55. The van der Waals surface area contributed by atoms with E-state index in [1.807, 2.05) is 6.07 Å². The number of sulfonamides is 1. The molecule has 20 heavy (non-hydrogen) atoms. The summed E-state index contributed by atoms with van der Waals surface area (Å²) >= 11 is 0. The van der Waals surface area contributed by atoms with Crippen molar-refractivity contribution < 1.29 is 13.2 Å². The van der Waals surface area contributed by atoms with Gasteiger partial charge in [0, 0.05) is 13.1 Å². The molecule has 1 aromatic carbocycles. The molecular formula is C13H15N3O3S. The molecule has 0 aromatic heterocycles. The molecule has 1 amide bonds. The topological polar surface area (TPSA) is 90.3 Å². The number of carbonyl (C=O) groups excluding carboxylic acids is 1. The molecular weight excluding hydrogens is 278 g/mol. The minimum absolute atomic E-state index is 0.0470. The van der Waals surface area contributed by atoms with Crippen LogP contribution in [0.1, 0.15) is 18.4 Å². The first-order valence-electron chi connectivity index (χ1n) is 6.30. The summed E-state index contributed by atoms with van der Waals surface area (Å²) < 4.78 is 26.3. The molecule has 0 spiro atoms. The lowest BCUT2D eigenvalue weighted by Gasteiger charge is -2.15. The van der Waals surface area contributed by atoms with Crippen LogP contribution in [0, 0.1) is 11.3 Å². The summed E-state index contributed by atoms with van der Waals surface area (Å²) in [5.74, 6) is -0.209.